The fourth-order valence-corrected chi connectivity index (χ4v) is 2.28. The Morgan fingerprint density at radius 3 is 2.50 bits per heavy atom. The maximum Gasteiger partial charge on any atom is 0.331 e. The van der Waals surface area contributed by atoms with Crippen LogP contribution in [0.25, 0.3) is 6.08 Å². The van der Waals surface area contributed by atoms with E-state index in [2.05, 4.69) is 19.2 Å². The second-order valence-electron chi connectivity index (χ2n) is 5.94. The predicted octanol–water partition coefficient (Wildman–Crippen LogP) is 4.53. The molecule has 5 heteroatoms. The highest BCUT2D eigenvalue weighted by Crippen LogP contribution is 2.20. The zero-order valence-corrected chi connectivity index (χ0v) is 14.9. The number of ether oxygens (including phenoxy) is 1. The highest BCUT2D eigenvalue weighted by molar-refractivity contribution is 5.94. The first kappa shape index (κ1) is 19.4. The standard InChI is InChI=1S/C21H22FNO3/c1-3-15(2)16-8-11-18(12-9-16)23-20(24)14-26-21(25)13-10-17-6-4-5-7-19(17)22/h4-13,15H,3,14H2,1-2H3,(H,23,24)/b13-10+/t15-/m1/s1. The van der Waals surface area contributed by atoms with Gasteiger partial charge < -0.3 is 10.1 Å². The van der Waals surface area contributed by atoms with Gasteiger partial charge in [-0.2, -0.15) is 0 Å². The van der Waals surface area contributed by atoms with Crippen LogP contribution in [0.15, 0.2) is 54.6 Å². The van der Waals surface area contributed by atoms with Crippen molar-refractivity contribution < 1.29 is 18.7 Å². The zero-order chi connectivity index (χ0) is 18.9. The SMILES string of the molecule is CC[C@@H](C)c1ccc(NC(=O)COC(=O)/C=C/c2ccccc2F)cc1. The van der Waals surface area contributed by atoms with Crippen molar-refractivity contribution in [2.45, 2.75) is 26.2 Å². The quantitative estimate of drug-likeness (QED) is 0.586. The third-order valence-corrected chi connectivity index (χ3v) is 4.03. The fourth-order valence-electron chi connectivity index (χ4n) is 2.28. The van der Waals surface area contributed by atoms with Crippen LogP contribution in [-0.4, -0.2) is 18.5 Å². The Morgan fingerprint density at radius 1 is 1.15 bits per heavy atom. The normalized spacial score (nSPS) is 12.0. The smallest absolute Gasteiger partial charge is 0.331 e. The largest absolute Gasteiger partial charge is 0.452 e. The number of hydrogen-bond acceptors (Lipinski definition) is 3. The molecule has 1 N–H and O–H groups in total. The number of nitrogens with one attached hydrogen (secondary N) is 1. The lowest BCUT2D eigenvalue weighted by Crippen LogP contribution is -2.20. The van der Waals surface area contributed by atoms with Crippen LogP contribution < -0.4 is 5.32 Å². The molecule has 0 saturated heterocycles. The van der Waals surface area contributed by atoms with Crippen LogP contribution in [-0.2, 0) is 14.3 Å². The Labute approximate surface area is 152 Å². The molecule has 136 valence electrons. The third kappa shape index (κ3) is 5.84. The van der Waals surface area contributed by atoms with Gasteiger partial charge in [0.05, 0.1) is 0 Å². The maximum atomic E-state index is 13.4. The first-order valence-corrected chi connectivity index (χ1v) is 8.48. The molecule has 1 amide bonds. The molecule has 0 spiro atoms. The summed E-state index contributed by atoms with van der Waals surface area (Å²) in [5, 5.41) is 2.66. The van der Waals surface area contributed by atoms with E-state index in [4.69, 9.17) is 4.74 Å². The molecule has 0 fully saturated rings. The van der Waals surface area contributed by atoms with Gasteiger partial charge in [0, 0.05) is 17.3 Å². The van der Waals surface area contributed by atoms with Crippen LogP contribution >= 0.6 is 0 Å². The van der Waals surface area contributed by atoms with Gasteiger partial charge in [-0.15, -0.1) is 0 Å². The molecule has 2 rings (SSSR count). The first-order chi connectivity index (χ1) is 12.5. The highest BCUT2D eigenvalue weighted by atomic mass is 19.1. The van der Waals surface area contributed by atoms with Crippen molar-refractivity contribution in [3.63, 3.8) is 0 Å². The number of esters is 1. The van der Waals surface area contributed by atoms with E-state index >= 15 is 0 Å². The summed E-state index contributed by atoms with van der Waals surface area (Å²) >= 11 is 0. The summed E-state index contributed by atoms with van der Waals surface area (Å²) in [7, 11) is 0. The van der Waals surface area contributed by atoms with Crippen molar-refractivity contribution in [2.24, 2.45) is 0 Å². The minimum atomic E-state index is -0.712. The summed E-state index contributed by atoms with van der Waals surface area (Å²) in [6.45, 7) is 3.85. The minimum Gasteiger partial charge on any atom is -0.452 e. The van der Waals surface area contributed by atoms with Gasteiger partial charge in [0.1, 0.15) is 5.82 Å². The summed E-state index contributed by atoms with van der Waals surface area (Å²) in [5.74, 6) is -1.12. The van der Waals surface area contributed by atoms with E-state index in [9.17, 15) is 14.0 Å². The van der Waals surface area contributed by atoms with Crippen LogP contribution in [0.3, 0.4) is 0 Å². The summed E-state index contributed by atoms with van der Waals surface area (Å²) in [6.07, 6.45) is 3.44. The molecule has 26 heavy (non-hydrogen) atoms. The predicted molar refractivity (Wildman–Crippen MR) is 100 cm³/mol. The molecule has 0 aromatic heterocycles. The minimum absolute atomic E-state index is 0.273. The molecule has 4 nitrogen and oxygen atoms in total. The second-order valence-corrected chi connectivity index (χ2v) is 5.94. The van der Waals surface area contributed by atoms with E-state index < -0.39 is 24.3 Å². The van der Waals surface area contributed by atoms with Gasteiger partial charge in [-0.25, -0.2) is 9.18 Å². The molecule has 0 aliphatic rings. The Bertz CT molecular complexity index is 784. The Hall–Kier alpha value is -2.95. The molecule has 0 bridgehead atoms. The number of carbonyl (C=O) groups excluding carboxylic acids is 2. The lowest BCUT2D eigenvalue weighted by atomic mass is 9.99. The number of amides is 1. The number of halogens is 1. The molecule has 0 heterocycles. The van der Waals surface area contributed by atoms with E-state index in [0.717, 1.165) is 12.5 Å². The summed E-state index contributed by atoms with van der Waals surface area (Å²) in [4.78, 5) is 23.5. The molecular formula is C21H22FNO3. The van der Waals surface area contributed by atoms with E-state index in [1.54, 1.807) is 12.1 Å². The van der Waals surface area contributed by atoms with E-state index in [1.165, 1.54) is 23.8 Å². The molecule has 0 radical (unpaired) electrons. The Morgan fingerprint density at radius 2 is 1.85 bits per heavy atom. The number of hydrogen-bond donors (Lipinski definition) is 1. The fraction of sp³-hybridized carbons (Fsp3) is 0.238. The molecule has 2 aromatic carbocycles. The van der Waals surface area contributed by atoms with E-state index in [0.29, 0.717) is 11.6 Å². The van der Waals surface area contributed by atoms with Gasteiger partial charge in [-0.3, -0.25) is 4.79 Å². The van der Waals surface area contributed by atoms with Crippen molar-refractivity contribution >= 4 is 23.6 Å². The van der Waals surface area contributed by atoms with Crippen molar-refractivity contribution in [2.75, 3.05) is 11.9 Å². The summed E-state index contributed by atoms with van der Waals surface area (Å²) < 4.78 is 18.3. The molecule has 0 unspecified atom stereocenters. The topological polar surface area (TPSA) is 55.4 Å². The van der Waals surface area contributed by atoms with Crippen LogP contribution in [0.1, 0.15) is 37.3 Å². The molecule has 2 aromatic rings. The average molecular weight is 355 g/mol. The monoisotopic (exact) mass is 355 g/mol. The summed E-state index contributed by atoms with van der Waals surface area (Å²) in [6, 6.07) is 13.6. The van der Waals surface area contributed by atoms with Crippen LogP contribution in [0.2, 0.25) is 0 Å². The second kappa shape index (κ2) is 9.51. The molecule has 0 aliphatic carbocycles. The van der Waals surface area contributed by atoms with Crippen molar-refractivity contribution in [3.05, 3.63) is 71.6 Å². The number of anilines is 1. The van der Waals surface area contributed by atoms with Gasteiger partial charge in [0.25, 0.3) is 5.91 Å². The van der Waals surface area contributed by atoms with Crippen LogP contribution in [0.4, 0.5) is 10.1 Å². The average Bonchev–Trinajstić information content (AvgIpc) is 2.65. The van der Waals surface area contributed by atoms with Gasteiger partial charge in [0.15, 0.2) is 6.61 Å². The van der Waals surface area contributed by atoms with Gasteiger partial charge in [-0.05, 0) is 42.2 Å². The molecule has 0 saturated carbocycles. The lowest BCUT2D eigenvalue weighted by molar-refractivity contribution is -0.142. The maximum absolute atomic E-state index is 13.4. The first-order valence-electron chi connectivity index (χ1n) is 8.48. The van der Waals surface area contributed by atoms with Gasteiger partial charge in [0.2, 0.25) is 0 Å². The Kier molecular flexibility index (Phi) is 7.09. The van der Waals surface area contributed by atoms with E-state index in [-0.39, 0.29) is 5.56 Å². The third-order valence-electron chi connectivity index (χ3n) is 4.03. The van der Waals surface area contributed by atoms with Crippen molar-refractivity contribution in [1.29, 1.82) is 0 Å². The lowest BCUT2D eigenvalue weighted by Gasteiger charge is -2.10. The number of carbonyl (C=O) groups is 2. The van der Waals surface area contributed by atoms with Crippen molar-refractivity contribution in [1.82, 2.24) is 0 Å². The number of benzene rings is 2. The summed E-state index contributed by atoms with van der Waals surface area (Å²) in [5.41, 5.74) is 2.12. The van der Waals surface area contributed by atoms with E-state index in [1.807, 2.05) is 24.3 Å². The zero-order valence-electron chi connectivity index (χ0n) is 14.9. The molecule has 1 atom stereocenters. The van der Waals surface area contributed by atoms with Gasteiger partial charge >= 0.3 is 5.97 Å². The highest BCUT2D eigenvalue weighted by Gasteiger charge is 2.07. The molecular weight excluding hydrogens is 333 g/mol. The number of rotatable bonds is 7. The van der Waals surface area contributed by atoms with Gasteiger partial charge in [-0.1, -0.05) is 44.2 Å². The van der Waals surface area contributed by atoms with Crippen LogP contribution in [0, 0.1) is 5.82 Å². The van der Waals surface area contributed by atoms with Crippen LogP contribution in [0.5, 0.6) is 0 Å². The molecule has 0 aliphatic heterocycles. The van der Waals surface area contributed by atoms with Crippen molar-refractivity contribution in [3.8, 4) is 0 Å². The Balaban J connectivity index is 1.81.